The quantitative estimate of drug-likeness (QED) is 0.642. The highest BCUT2D eigenvalue weighted by atomic mass is 35.5. The summed E-state index contributed by atoms with van der Waals surface area (Å²) in [4.78, 5) is 23.1. The first-order valence-corrected chi connectivity index (χ1v) is 9.25. The van der Waals surface area contributed by atoms with E-state index in [1.807, 2.05) is 0 Å². The number of aromatic nitrogens is 1. The summed E-state index contributed by atoms with van der Waals surface area (Å²) >= 11 is 5.83. The Labute approximate surface area is 157 Å². The molecule has 1 aromatic heterocycles. The van der Waals surface area contributed by atoms with Crippen molar-refractivity contribution in [1.82, 2.24) is 4.57 Å². The first-order valence-electron chi connectivity index (χ1n) is 7.39. The smallest absolute Gasteiger partial charge is 0.420 e. The van der Waals surface area contributed by atoms with Crippen LogP contribution in [0.25, 0.3) is 11.1 Å². The second kappa shape index (κ2) is 7.05. The molecule has 0 saturated carbocycles. The molecule has 0 spiro atoms. The third-order valence-corrected chi connectivity index (χ3v) is 5.32. The van der Waals surface area contributed by atoms with Crippen molar-refractivity contribution in [3.63, 3.8) is 0 Å². The van der Waals surface area contributed by atoms with Gasteiger partial charge >= 0.3 is 11.7 Å². The van der Waals surface area contributed by atoms with Gasteiger partial charge in [0.2, 0.25) is 0 Å². The summed E-state index contributed by atoms with van der Waals surface area (Å²) in [5.74, 6) is -2.11. The molecule has 0 saturated heterocycles. The largest absolute Gasteiger partial charge is 0.468 e. The fourth-order valence-electron chi connectivity index (χ4n) is 2.33. The fourth-order valence-corrected chi connectivity index (χ4v) is 3.70. The molecule has 1 N–H and O–H groups in total. The van der Waals surface area contributed by atoms with Gasteiger partial charge in [-0.25, -0.2) is 17.6 Å². The summed E-state index contributed by atoms with van der Waals surface area (Å²) in [6.45, 7) is -0.377. The summed E-state index contributed by atoms with van der Waals surface area (Å²) < 4.78 is 50.9. The molecule has 3 aromatic rings. The second-order valence-corrected chi connectivity index (χ2v) is 7.48. The van der Waals surface area contributed by atoms with Crippen LogP contribution in [0, 0.1) is 5.82 Å². The number of fused-ring (bicyclic) bond motifs is 1. The van der Waals surface area contributed by atoms with E-state index in [4.69, 9.17) is 16.0 Å². The Kier molecular flexibility index (Phi) is 4.94. The standard InChI is InChI=1S/C16H12ClFN2O6S/c1-25-15(21)8-20-13-5-3-10(7-14(13)26-16(20)22)27(23,24)19-12-4-2-9(18)6-11(12)17/h2-7,19H,8H2,1H3. The van der Waals surface area contributed by atoms with Crippen LogP contribution in [0.5, 0.6) is 0 Å². The maximum atomic E-state index is 13.1. The van der Waals surface area contributed by atoms with Gasteiger partial charge in [-0.1, -0.05) is 11.6 Å². The number of carbonyl (C=O) groups is 1. The van der Waals surface area contributed by atoms with Crippen molar-refractivity contribution in [2.24, 2.45) is 0 Å². The summed E-state index contributed by atoms with van der Waals surface area (Å²) in [5, 5.41) is -0.115. The topological polar surface area (TPSA) is 108 Å². The molecule has 0 aliphatic carbocycles. The van der Waals surface area contributed by atoms with Crippen LogP contribution in [0.4, 0.5) is 10.1 Å². The number of hydrogen-bond acceptors (Lipinski definition) is 6. The number of carbonyl (C=O) groups excluding carboxylic acids is 1. The van der Waals surface area contributed by atoms with Crippen LogP contribution >= 0.6 is 11.6 Å². The lowest BCUT2D eigenvalue weighted by molar-refractivity contribution is -0.141. The number of esters is 1. The summed E-state index contributed by atoms with van der Waals surface area (Å²) in [5.41, 5.74) is 0.184. The molecule has 0 fully saturated rings. The molecule has 0 aliphatic heterocycles. The van der Waals surface area contributed by atoms with E-state index >= 15 is 0 Å². The number of ether oxygens (including phenoxy) is 1. The molecule has 0 amide bonds. The zero-order chi connectivity index (χ0) is 19.8. The number of oxazole rings is 1. The van der Waals surface area contributed by atoms with Gasteiger partial charge in [0.15, 0.2) is 5.58 Å². The number of anilines is 1. The van der Waals surface area contributed by atoms with Gasteiger partial charge < -0.3 is 9.15 Å². The van der Waals surface area contributed by atoms with Gasteiger partial charge in [-0.3, -0.25) is 14.1 Å². The zero-order valence-corrected chi connectivity index (χ0v) is 15.3. The van der Waals surface area contributed by atoms with Crippen molar-refractivity contribution in [3.05, 3.63) is 57.8 Å². The molecule has 11 heteroatoms. The van der Waals surface area contributed by atoms with Crippen LogP contribution < -0.4 is 10.5 Å². The van der Waals surface area contributed by atoms with E-state index < -0.39 is 27.6 Å². The number of halogens is 2. The average Bonchev–Trinajstić information content (AvgIpc) is 2.92. The van der Waals surface area contributed by atoms with Crippen molar-refractivity contribution < 1.29 is 26.8 Å². The predicted octanol–water partition coefficient (Wildman–Crippen LogP) is 2.36. The first-order chi connectivity index (χ1) is 12.7. The van der Waals surface area contributed by atoms with Crippen LogP contribution in [0.3, 0.4) is 0 Å². The van der Waals surface area contributed by atoms with E-state index in [9.17, 15) is 22.4 Å². The lowest BCUT2D eigenvalue weighted by atomic mass is 10.3. The highest BCUT2D eigenvalue weighted by molar-refractivity contribution is 7.92. The minimum atomic E-state index is -4.09. The van der Waals surface area contributed by atoms with Crippen molar-refractivity contribution in [2.75, 3.05) is 11.8 Å². The molecule has 0 atom stereocenters. The normalized spacial score (nSPS) is 11.5. The molecular weight excluding hydrogens is 403 g/mol. The molecule has 3 rings (SSSR count). The number of hydrogen-bond donors (Lipinski definition) is 1. The Morgan fingerprint density at radius 1 is 1.30 bits per heavy atom. The molecule has 0 aliphatic rings. The Morgan fingerprint density at radius 3 is 2.70 bits per heavy atom. The number of methoxy groups -OCH3 is 1. The van der Waals surface area contributed by atoms with Crippen molar-refractivity contribution in [3.8, 4) is 0 Å². The Bertz CT molecular complexity index is 1200. The van der Waals surface area contributed by atoms with Crippen molar-refractivity contribution in [2.45, 2.75) is 11.4 Å². The van der Waals surface area contributed by atoms with Crippen LogP contribution in [0.1, 0.15) is 0 Å². The minimum Gasteiger partial charge on any atom is -0.468 e. The maximum Gasteiger partial charge on any atom is 0.420 e. The number of sulfonamides is 1. The Balaban J connectivity index is 1.99. The molecule has 2 aromatic carbocycles. The van der Waals surface area contributed by atoms with E-state index in [0.29, 0.717) is 0 Å². The summed E-state index contributed by atoms with van der Waals surface area (Å²) in [7, 11) is -2.92. The summed E-state index contributed by atoms with van der Waals surface area (Å²) in [6.07, 6.45) is 0. The molecule has 27 heavy (non-hydrogen) atoms. The van der Waals surface area contributed by atoms with Gasteiger partial charge in [0.05, 0.1) is 28.2 Å². The molecule has 0 unspecified atom stereocenters. The molecule has 0 bridgehead atoms. The Morgan fingerprint density at radius 2 is 2.04 bits per heavy atom. The SMILES string of the molecule is COC(=O)Cn1c(=O)oc2cc(S(=O)(=O)Nc3ccc(F)cc3Cl)ccc21. The molecule has 142 valence electrons. The lowest BCUT2D eigenvalue weighted by Crippen LogP contribution is -2.20. The van der Waals surface area contributed by atoms with Crippen molar-refractivity contribution in [1.29, 1.82) is 0 Å². The van der Waals surface area contributed by atoms with E-state index in [0.717, 1.165) is 22.8 Å². The Hall–Kier alpha value is -2.85. The third-order valence-electron chi connectivity index (χ3n) is 3.64. The second-order valence-electron chi connectivity index (χ2n) is 5.39. The van der Waals surface area contributed by atoms with Gasteiger partial charge in [-0.15, -0.1) is 0 Å². The zero-order valence-electron chi connectivity index (χ0n) is 13.7. The third kappa shape index (κ3) is 3.81. The van der Waals surface area contributed by atoms with Gasteiger partial charge in [0.25, 0.3) is 10.0 Å². The van der Waals surface area contributed by atoms with Crippen LogP contribution in [-0.4, -0.2) is 26.1 Å². The highest BCUT2D eigenvalue weighted by Crippen LogP contribution is 2.26. The maximum absolute atomic E-state index is 13.1. The van der Waals surface area contributed by atoms with E-state index in [2.05, 4.69) is 9.46 Å². The average molecular weight is 415 g/mol. The lowest BCUT2D eigenvalue weighted by Gasteiger charge is -2.09. The summed E-state index contributed by atoms with van der Waals surface area (Å²) in [6, 6.07) is 6.88. The minimum absolute atomic E-state index is 0.0112. The van der Waals surface area contributed by atoms with Gasteiger partial charge in [0, 0.05) is 6.07 Å². The van der Waals surface area contributed by atoms with Crippen LogP contribution in [-0.2, 0) is 26.1 Å². The number of rotatable bonds is 5. The number of nitrogens with zero attached hydrogens (tertiary/aromatic N) is 1. The monoisotopic (exact) mass is 414 g/mol. The van der Waals surface area contributed by atoms with Gasteiger partial charge in [-0.2, -0.15) is 0 Å². The van der Waals surface area contributed by atoms with Crippen molar-refractivity contribution >= 4 is 44.4 Å². The number of nitrogens with one attached hydrogen (secondary N) is 1. The predicted molar refractivity (Wildman–Crippen MR) is 94.7 cm³/mol. The fraction of sp³-hybridized carbons (Fsp3) is 0.125. The highest BCUT2D eigenvalue weighted by Gasteiger charge is 2.20. The van der Waals surface area contributed by atoms with E-state index in [1.54, 1.807) is 0 Å². The molecule has 0 radical (unpaired) electrons. The number of benzene rings is 2. The van der Waals surface area contributed by atoms with Gasteiger partial charge in [-0.05, 0) is 30.3 Å². The molecular formula is C16H12ClFN2O6S. The van der Waals surface area contributed by atoms with Crippen LogP contribution in [0.15, 0.2) is 50.5 Å². The molecule has 8 nitrogen and oxygen atoms in total. The van der Waals surface area contributed by atoms with E-state index in [-0.39, 0.29) is 33.2 Å². The molecule has 1 heterocycles. The van der Waals surface area contributed by atoms with E-state index in [1.165, 1.54) is 25.3 Å². The van der Waals surface area contributed by atoms with Crippen LogP contribution in [0.2, 0.25) is 5.02 Å². The first kappa shape index (κ1) is 18.9. The van der Waals surface area contributed by atoms with Gasteiger partial charge in [0.1, 0.15) is 12.4 Å².